The van der Waals surface area contributed by atoms with E-state index in [1.807, 2.05) is 42.5 Å². The summed E-state index contributed by atoms with van der Waals surface area (Å²) in [5.74, 6) is 0. The Morgan fingerprint density at radius 1 is 1.07 bits per heavy atom. The molecule has 2 nitrogen and oxygen atoms in total. The van der Waals surface area contributed by atoms with Gasteiger partial charge < -0.3 is 10.5 Å². The minimum atomic E-state index is -0.527. The quantitative estimate of drug-likeness (QED) is 0.792. The maximum Gasteiger partial charge on any atom is 0.141 e. The van der Waals surface area contributed by atoms with Gasteiger partial charge in [0.2, 0.25) is 0 Å². The van der Waals surface area contributed by atoms with E-state index in [1.54, 1.807) is 0 Å². The first-order valence-electron chi connectivity index (χ1n) is 4.51. The second kappa shape index (κ2) is 4.91. The predicted molar refractivity (Wildman–Crippen MR) is 64.2 cm³/mol. The molecule has 2 aromatic rings. The van der Waals surface area contributed by atoms with Gasteiger partial charge in [0.15, 0.2) is 0 Å². The largest absolute Gasteiger partial charge is 0.318 e. The molecule has 3 heteroatoms. The third-order valence-corrected chi connectivity index (χ3v) is 2.33. The fourth-order valence-corrected chi connectivity index (χ4v) is 1.61. The number of aldehydes is 1. The summed E-state index contributed by atoms with van der Waals surface area (Å²) < 4.78 is 0. The van der Waals surface area contributed by atoms with Gasteiger partial charge in [-0.25, -0.2) is 0 Å². The Kier molecular flexibility index (Phi) is 3.83. The molecule has 15 heavy (non-hydrogen) atoms. The summed E-state index contributed by atoms with van der Waals surface area (Å²) in [5, 5.41) is 2.16. The Morgan fingerprint density at radius 2 is 1.73 bits per heavy atom. The van der Waals surface area contributed by atoms with Crippen molar-refractivity contribution in [3.8, 4) is 0 Å². The van der Waals surface area contributed by atoms with E-state index in [9.17, 15) is 4.79 Å². The van der Waals surface area contributed by atoms with Gasteiger partial charge in [0.1, 0.15) is 6.29 Å². The number of halogens is 1. The zero-order chi connectivity index (χ0) is 9.97. The summed E-state index contributed by atoms with van der Waals surface area (Å²) >= 11 is 0. The maximum absolute atomic E-state index is 10.6. The monoisotopic (exact) mass is 221 g/mol. The summed E-state index contributed by atoms with van der Waals surface area (Å²) in [4.78, 5) is 10.6. The third-order valence-electron chi connectivity index (χ3n) is 2.33. The lowest BCUT2D eigenvalue weighted by molar-refractivity contribution is -0.108. The van der Waals surface area contributed by atoms with Gasteiger partial charge in [0.25, 0.3) is 0 Å². The molecule has 0 aliphatic rings. The van der Waals surface area contributed by atoms with Gasteiger partial charge in [-0.1, -0.05) is 42.5 Å². The average Bonchev–Trinajstić information content (AvgIpc) is 2.27. The van der Waals surface area contributed by atoms with Crippen LogP contribution in [0, 0.1) is 0 Å². The number of carbonyl (C=O) groups excluding carboxylic acids is 1. The molecule has 2 rings (SSSR count). The van der Waals surface area contributed by atoms with Crippen LogP contribution in [0.2, 0.25) is 0 Å². The van der Waals surface area contributed by atoms with Gasteiger partial charge in [0.05, 0.1) is 6.04 Å². The average molecular weight is 222 g/mol. The molecule has 0 fully saturated rings. The summed E-state index contributed by atoms with van der Waals surface area (Å²) in [5.41, 5.74) is 6.58. The van der Waals surface area contributed by atoms with Crippen molar-refractivity contribution in [3.05, 3.63) is 48.0 Å². The molecule has 2 N–H and O–H groups in total. The molecule has 78 valence electrons. The van der Waals surface area contributed by atoms with Crippen LogP contribution in [0.3, 0.4) is 0 Å². The number of hydrogen-bond donors (Lipinski definition) is 1. The van der Waals surface area contributed by atoms with Crippen molar-refractivity contribution < 1.29 is 4.79 Å². The lowest BCUT2D eigenvalue weighted by Crippen LogP contribution is -2.11. The van der Waals surface area contributed by atoms with E-state index < -0.39 is 6.04 Å². The Morgan fingerprint density at radius 3 is 2.47 bits per heavy atom. The highest BCUT2D eigenvalue weighted by atomic mass is 35.5. The molecule has 0 aromatic heterocycles. The van der Waals surface area contributed by atoms with Crippen LogP contribution < -0.4 is 5.73 Å². The topological polar surface area (TPSA) is 43.1 Å². The zero-order valence-corrected chi connectivity index (χ0v) is 8.91. The molecular weight excluding hydrogens is 210 g/mol. The molecule has 0 spiro atoms. The van der Waals surface area contributed by atoms with Crippen molar-refractivity contribution in [2.24, 2.45) is 5.73 Å². The molecular formula is C12H12ClNO. The van der Waals surface area contributed by atoms with Crippen LogP contribution in [0.15, 0.2) is 42.5 Å². The molecule has 2 aromatic carbocycles. The normalized spacial score (nSPS) is 11.8. The highest BCUT2D eigenvalue weighted by Crippen LogP contribution is 2.21. The maximum atomic E-state index is 10.6. The van der Waals surface area contributed by atoms with Crippen molar-refractivity contribution in [2.75, 3.05) is 0 Å². The molecule has 0 aliphatic heterocycles. The summed E-state index contributed by atoms with van der Waals surface area (Å²) in [6.07, 6.45) is 0.766. The summed E-state index contributed by atoms with van der Waals surface area (Å²) in [6, 6.07) is 13.2. The Hall–Kier alpha value is -1.38. The predicted octanol–water partition coefficient (Wildman–Crippen LogP) is 2.46. The van der Waals surface area contributed by atoms with Crippen LogP contribution in [0.4, 0.5) is 0 Å². The lowest BCUT2D eigenvalue weighted by atomic mass is 10.0. The molecule has 0 saturated carbocycles. The van der Waals surface area contributed by atoms with Crippen LogP contribution in [0.1, 0.15) is 11.6 Å². The van der Waals surface area contributed by atoms with Crippen LogP contribution in [0.5, 0.6) is 0 Å². The highest BCUT2D eigenvalue weighted by Gasteiger charge is 2.07. The fraction of sp³-hybridized carbons (Fsp3) is 0.0833. The Balaban J connectivity index is 0.00000112. The van der Waals surface area contributed by atoms with Gasteiger partial charge in [-0.05, 0) is 16.3 Å². The third kappa shape index (κ3) is 2.17. The molecule has 1 atom stereocenters. The first-order chi connectivity index (χ1) is 6.83. The highest BCUT2D eigenvalue weighted by molar-refractivity contribution is 5.88. The second-order valence-corrected chi connectivity index (χ2v) is 3.23. The number of carbonyl (C=O) groups is 1. The molecule has 0 saturated heterocycles. The van der Waals surface area contributed by atoms with Gasteiger partial charge in [-0.2, -0.15) is 0 Å². The van der Waals surface area contributed by atoms with Gasteiger partial charge in [-0.3, -0.25) is 0 Å². The van der Waals surface area contributed by atoms with E-state index in [4.69, 9.17) is 5.73 Å². The summed E-state index contributed by atoms with van der Waals surface area (Å²) in [6.45, 7) is 0. The van der Waals surface area contributed by atoms with E-state index in [0.717, 1.165) is 22.6 Å². The minimum Gasteiger partial charge on any atom is -0.318 e. The Labute approximate surface area is 94.5 Å². The van der Waals surface area contributed by atoms with Crippen LogP contribution >= 0.6 is 12.4 Å². The lowest BCUT2D eigenvalue weighted by Gasteiger charge is -2.08. The van der Waals surface area contributed by atoms with Crippen LogP contribution in [-0.2, 0) is 4.79 Å². The molecule has 1 unspecified atom stereocenters. The Bertz CT molecular complexity index is 465. The van der Waals surface area contributed by atoms with E-state index in [-0.39, 0.29) is 12.4 Å². The molecule has 0 amide bonds. The fourth-order valence-electron chi connectivity index (χ4n) is 1.61. The van der Waals surface area contributed by atoms with Gasteiger partial charge in [-0.15, -0.1) is 12.4 Å². The molecule has 0 bridgehead atoms. The number of nitrogens with two attached hydrogens (primary N) is 1. The molecule has 0 radical (unpaired) electrons. The standard InChI is InChI=1S/C12H11NO.ClH/c13-12(8-14)11-7-3-5-9-4-1-2-6-10(9)11;/h1-8,12H,13H2;1H. The zero-order valence-electron chi connectivity index (χ0n) is 8.09. The molecule has 0 aliphatic carbocycles. The van der Waals surface area contributed by atoms with Crippen LogP contribution in [-0.4, -0.2) is 6.29 Å². The smallest absolute Gasteiger partial charge is 0.141 e. The van der Waals surface area contributed by atoms with Gasteiger partial charge >= 0.3 is 0 Å². The number of benzene rings is 2. The van der Waals surface area contributed by atoms with Crippen LogP contribution in [0.25, 0.3) is 10.8 Å². The minimum absolute atomic E-state index is 0. The van der Waals surface area contributed by atoms with E-state index in [2.05, 4.69) is 0 Å². The first kappa shape index (κ1) is 11.7. The first-order valence-corrected chi connectivity index (χ1v) is 4.51. The van der Waals surface area contributed by atoms with Crippen molar-refractivity contribution >= 4 is 29.5 Å². The summed E-state index contributed by atoms with van der Waals surface area (Å²) in [7, 11) is 0. The number of fused-ring (bicyclic) bond motifs is 1. The van der Waals surface area contributed by atoms with Gasteiger partial charge in [0, 0.05) is 0 Å². The number of rotatable bonds is 2. The van der Waals surface area contributed by atoms with E-state index >= 15 is 0 Å². The van der Waals surface area contributed by atoms with E-state index in [0.29, 0.717) is 0 Å². The molecule has 0 heterocycles. The van der Waals surface area contributed by atoms with Crippen molar-refractivity contribution in [1.29, 1.82) is 0 Å². The van der Waals surface area contributed by atoms with Crippen molar-refractivity contribution in [1.82, 2.24) is 0 Å². The number of hydrogen-bond acceptors (Lipinski definition) is 2. The second-order valence-electron chi connectivity index (χ2n) is 3.23. The van der Waals surface area contributed by atoms with Crippen molar-refractivity contribution in [3.63, 3.8) is 0 Å². The SMILES string of the molecule is Cl.NC(C=O)c1cccc2ccccc12. The van der Waals surface area contributed by atoms with Crippen molar-refractivity contribution in [2.45, 2.75) is 6.04 Å². The van der Waals surface area contributed by atoms with E-state index in [1.165, 1.54) is 0 Å².